The van der Waals surface area contributed by atoms with Gasteiger partial charge in [-0.25, -0.2) is 0 Å². The van der Waals surface area contributed by atoms with Gasteiger partial charge in [-0.2, -0.15) is 0 Å². The molecule has 3 heteroatoms. The first-order valence-corrected chi connectivity index (χ1v) is 11.0. The first-order chi connectivity index (χ1) is 8.97. The van der Waals surface area contributed by atoms with Crippen LogP contribution >= 0.6 is 0 Å². The van der Waals surface area contributed by atoms with Crippen molar-refractivity contribution in [3.05, 3.63) is 29.8 Å². The van der Waals surface area contributed by atoms with Gasteiger partial charge in [-0.15, -0.1) is 0 Å². The van der Waals surface area contributed by atoms with Gasteiger partial charge in [0.1, 0.15) is 0 Å². The number of hydrogen-bond acceptors (Lipinski definition) is 2. The van der Waals surface area contributed by atoms with Crippen LogP contribution in [0.1, 0.15) is 18.4 Å². The maximum absolute atomic E-state index is 3.49. The Morgan fingerprint density at radius 1 is 1.21 bits per heavy atom. The first-order valence-electron chi connectivity index (χ1n) is 7.47. The van der Waals surface area contributed by atoms with Gasteiger partial charge in [0, 0.05) is 19.1 Å². The van der Waals surface area contributed by atoms with Gasteiger partial charge in [0.25, 0.3) is 0 Å². The Morgan fingerprint density at radius 2 is 1.89 bits per heavy atom. The number of nitrogens with zero attached hydrogens (tertiary/aromatic N) is 1. The van der Waals surface area contributed by atoms with Crippen LogP contribution in [0.25, 0.3) is 0 Å². The van der Waals surface area contributed by atoms with Gasteiger partial charge in [-0.1, -0.05) is 49.1 Å². The lowest BCUT2D eigenvalue weighted by Crippen LogP contribution is -2.43. The van der Waals surface area contributed by atoms with Crippen LogP contribution in [-0.2, 0) is 6.54 Å². The average Bonchev–Trinajstić information content (AvgIpc) is 2.39. The number of hydrogen-bond donors (Lipinski definition) is 1. The molecule has 1 aromatic carbocycles. The molecular formula is C16H28N2Si. The molecule has 0 spiro atoms. The highest BCUT2D eigenvalue weighted by atomic mass is 28.3. The van der Waals surface area contributed by atoms with Crippen LogP contribution in [0, 0.1) is 0 Å². The van der Waals surface area contributed by atoms with Crippen LogP contribution in [0.15, 0.2) is 24.3 Å². The Kier molecular flexibility index (Phi) is 4.82. The fourth-order valence-corrected chi connectivity index (χ4v) is 3.90. The molecule has 106 valence electrons. The third kappa shape index (κ3) is 4.16. The number of benzene rings is 1. The van der Waals surface area contributed by atoms with E-state index in [9.17, 15) is 0 Å². The van der Waals surface area contributed by atoms with Gasteiger partial charge >= 0.3 is 0 Å². The summed E-state index contributed by atoms with van der Waals surface area (Å²) in [7, 11) is 1.10. The minimum Gasteiger partial charge on any atom is -0.315 e. The van der Waals surface area contributed by atoms with Crippen molar-refractivity contribution in [3.63, 3.8) is 0 Å². The average molecular weight is 276 g/mol. The zero-order valence-corrected chi connectivity index (χ0v) is 13.9. The molecule has 1 atom stereocenters. The van der Waals surface area contributed by atoms with Crippen molar-refractivity contribution >= 4 is 13.3 Å². The van der Waals surface area contributed by atoms with Gasteiger partial charge in [0.05, 0.1) is 8.07 Å². The van der Waals surface area contributed by atoms with E-state index in [1.54, 1.807) is 5.19 Å². The molecule has 1 aliphatic heterocycles. The molecule has 1 aliphatic rings. The Labute approximate surface area is 119 Å². The summed E-state index contributed by atoms with van der Waals surface area (Å²) < 4.78 is 0. The zero-order valence-electron chi connectivity index (χ0n) is 12.9. The van der Waals surface area contributed by atoms with Crippen LogP contribution in [0.3, 0.4) is 0 Å². The van der Waals surface area contributed by atoms with Crippen molar-refractivity contribution < 1.29 is 0 Å². The molecule has 1 aromatic rings. The Morgan fingerprint density at radius 3 is 2.42 bits per heavy atom. The molecule has 0 bridgehead atoms. The normalized spacial score (nSPS) is 20.8. The lowest BCUT2D eigenvalue weighted by atomic mass is 10.1. The molecule has 0 saturated carbocycles. The van der Waals surface area contributed by atoms with Crippen LogP contribution in [0.5, 0.6) is 0 Å². The Balaban J connectivity index is 1.95. The number of rotatable bonds is 4. The van der Waals surface area contributed by atoms with E-state index in [2.05, 4.69) is 61.2 Å². The maximum Gasteiger partial charge on any atom is 0.0775 e. The summed E-state index contributed by atoms with van der Waals surface area (Å²) in [6, 6.07) is 10.0. The first kappa shape index (κ1) is 14.8. The Hall–Kier alpha value is -0.643. The molecule has 0 aliphatic carbocycles. The molecule has 2 nitrogen and oxygen atoms in total. The molecule has 1 unspecified atom stereocenters. The van der Waals surface area contributed by atoms with Gasteiger partial charge in [0.2, 0.25) is 0 Å². The molecule has 0 radical (unpaired) electrons. The standard InChI is InChI=1S/C16H28N2Si/c1-18(15-6-5-11-17-12-15)13-14-7-9-16(10-8-14)19(2,3)4/h7-10,15,17H,5-6,11-13H2,1-4H3. The SMILES string of the molecule is CN(Cc1ccc([Si](C)(C)C)cc1)C1CCCNC1. The highest BCUT2D eigenvalue weighted by molar-refractivity contribution is 6.88. The molecular weight excluding hydrogens is 248 g/mol. The monoisotopic (exact) mass is 276 g/mol. The molecule has 1 N–H and O–H groups in total. The third-order valence-electron chi connectivity index (χ3n) is 4.15. The van der Waals surface area contributed by atoms with Crippen molar-refractivity contribution in [1.29, 1.82) is 0 Å². The van der Waals surface area contributed by atoms with Crippen molar-refractivity contribution in [2.45, 2.75) is 45.1 Å². The molecule has 19 heavy (non-hydrogen) atoms. The van der Waals surface area contributed by atoms with Gasteiger partial charge in [0.15, 0.2) is 0 Å². The summed E-state index contributed by atoms with van der Waals surface area (Å²) in [5, 5.41) is 5.05. The second kappa shape index (κ2) is 6.20. The summed E-state index contributed by atoms with van der Waals surface area (Å²) in [4.78, 5) is 2.50. The maximum atomic E-state index is 3.49. The fourth-order valence-electron chi connectivity index (χ4n) is 2.74. The van der Waals surface area contributed by atoms with Crippen LogP contribution in [-0.4, -0.2) is 39.2 Å². The van der Waals surface area contributed by atoms with Crippen molar-refractivity contribution in [3.8, 4) is 0 Å². The van der Waals surface area contributed by atoms with E-state index in [0.717, 1.165) is 13.1 Å². The van der Waals surface area contributed by atoms with E-state index >= 15 is 0 Å². The topological polar surface area (TPSA) is 15.3 Å². The van der Waals surface area contributed by atoms with Crippen molar-refractivity contribution in [1.82, 2.24) is 10.2 Å². The van der Waals surface area contributed by atoms with E-state index in [1.165, 1.54) is 24.9 Å². The second-order valence-electron chi connectivity index (χ2n) is 6.86. The summed E-state index contributed by atoms with van der Waals surface area (Å²) in [6.07, 6.45) is 2.64. The van der Waals surface area contributed by atoms with Crippen molar-refractivity contribution in [2.24, 2.45) is 0 Å². The predicted molar refractivity (Wildman–Crippen MR) is 86.8 cm³/mol. The highest BCUT2D eigenvalue weighted by Crippen LogP contribution is 2.12. The van der Waals surface area contributed by atoms with Crippen LogP contribution in [0.4, 0.5) is 0 Å². The summed E-state index contributed by atoms with van der Waals surface area (Å²) in [5.41, 5.74) is 1.44. The van der Waals surface area contributed by atoms with Crippen LogP contribution in [0.2, 0.25) is 19.6 Å². The van der Waals surface area contributed by atoms with E-state index in [1.807, 2.05) is 0 Å². The Bertz CT molecular complexity index is 388. The van der Waals surface area contributed by atoms with E-state index in [4.69, 9.17) is 0 Å². The quantitative estimate of drug-likeness (QED) is 0.850. The molecule has 2 rings (SSSR count). The van der Waals surface area contributed by atoms with E-state index in [0.29, 0.717) is 6.04 Å². The molecule has 1 fully saturated rings. The summed E-state index contributed by atoms with van der Waals surface area (Å²) >= 11 is 0. The molecule has 0 amide bonds. The summed E-state index contributed by atoms with van der Waals surface area (Å²) in [5.74, 6) is 0. The molecule has 1 heterocycles. The minimum atomic E-state index is -1.15. The van der Waals surface area contributed by atoms with Gasteiger partial charge in [-0.3, -0.25) is 4.90 Å². The summed E-state index contributed by atoms with van der Waals surface area (Å²) in [6.45, 7) is 10.6. The largest absolute Gasteiger partial charge is 0.315 e. The highest BCUT2D eigenvalue weighted by Gasteiger charge is 2.18. The predicted octanol–water partition coefficient (Wildman–Crippen LogP) is 2.42. The zero-order chi connectivity index (χ0) is 13.9. The van der Waals surface area contributed by atoms with Gasteiger partial charge < -0.3 is 5.32 Å². The fraction of sp³-hybridized carbons (Fsp3) is 0.625. The lowest BCUT2D eigenvalue weighted by Gasteiger charge is -2.31. The number of nitrogens with one attached hydrogen (secondary N) is 1. The second-order valence-corrected chi connectivity index (χ2v) is 11.9. The lowest BCUT2D eigenvalue weighted by molar-refractivity contribution is 0.196. The molecule has 1 saturated heterocycles. The third-order valence-corrected chi connectivity index (χ3v) is 6.21. The van der Waals surface area contributed by atoms with E-state index in [-0.39, 0.29) is 0 Å². The minimum absolute atomic E-state index is 0.699. The van der Waals surface area contributed by atoms with Crippen molar-refractivity contribution in [2.75, 3.05) is 20.1 Å². The van der Waals surface area contributed by atoms with Crippen LogP contribution < -0.4 is 10.5 Å². The van der Waals surface area contributed by atoms with Gasteiger partial charge in [-0.05, 0) is 32.0 Å². The number of likely N-dealkylation sites (N-methyl/N-ethyl adjacent to an activating group) is 1. The number of piperidine rings is 1. The van der Waals surface area contributed by atoms with E-state index < -0.39 is 8.07 Å². The smallest absolute Gasteiger partial charge is 0.0775 e. The molecule has 0 aromatic heterocycles.